The van der Waals surface area contributed by atoms with Gasteiger partial charge in [-0.15, -0.1) is 0 Å². The van der Waals surface area contributed by atoms with Crippen LogP contribution in [0.4, 0.5) is 5.82 Å². The number of anilines is 1. The number of ether oxygens (including phenoxy) is 1. The number of nitrogen functional groups attached to an aromatic ring is 1. The molecular formula is C19H16N4O. The van der Waals surface area contributed by atoms with E-state index in [4.69, 9.17) is 10.5 Å². The lowest BCUT2D eigenvalue weighted by atomic mass is 10.1. The monoisotopic (exact) mass is 316 g/mol. The van der Waals surface area contributed by atoms with Crippen LogP contribution in [0.25, 0.3) is 28.2 Å². The number of nitrogens with zero attached hydrogens (tertiary/aromatic N) is 3. The maximum atomic E-state index is 6.12. The molecule has 0 saturated carbocycles. The lowest BCUT2D eigenvalue weighted by Crippen LogP contribution is -1.98. The van der Waals surface area contributed by atoms with Gasteiger partial charge in [-0.05, 0) is 24.3 Å². The summed E-state index contributed by atoms with van der Waals surface area (Å²) in [6.45, 7) is 0. The predicted molar refractivity (Wildman–Crippen MR) is 94.8 cm³/mol. The quantitative estimate of drug-likeness (QED) is 0.626. The van der Waals surface area contributed by atoms with Crippen molar-refractivity contribution in [2.75, 3.05) is 12.8 Å². The Hall–Kier alpha value is -3.34. The van der Waals surface area contributed by atoms with E-state index in [0.717, 1.165) is 28.3 Å². The van der Waals surface area contributed by atoms with Gasteiger partial charge in [0.25, 0.3) is 0 Å². The van der Waals surface area contributed by atoms with E-state index in [-0.39, 0.29) is 0 Å². The number of fused-ring (bicyclic) bond motifs is 1. The molecule has 0 saturated heterocycles. The molecular weight excluding hydrogens is 300 g/mol. The Morgan fingerprint density at radius 1 is 0.833 bits per heavy atom. The van der Waals surface area contributed by atoms with E-state index in [9.17, 15) is 0 Å². The zero-order valence-electron chi connectivity index (χ0n) is 13.2. The van der Waals surface area contributed by atoms with Crippen molar-refractivity contribution in [1.82, 2.24) is 14.4 Å². The highest BCUT2D eigenvalue weighted by Crippen LogP contribution is 2.25. The lowest BCUT2D eigenvalue weighted by molar-refractivity contribution is 0.415. The molecule has 0 fully saturated rings. The highest BCUT2D eigenvalue weighted by Gasteiger charge is 2.10. The molecule has 2 N–H and O–H groups in total. The molecule has 0 radical (unpaired) electrons. The van der Waals surface area contributed by atoms with Gasteiger partial charge in [-0.2, -0.15) is 0 Å². The summed E-state index contributed by atoms with van der Waals surface area (Å²) in [5.74, 6) is 1.23. The fourth-order valence-electron chi connectivity index (χ4n) is 2.67. The third-order valence-electron chi connectivity index (χ3n) is 3.92. The number of aromatic nitrogens is 3. The molecule has 0 bridgehead atoms. The van der Waals surface area contributed by atoms with Crippen LogP contribution in [0.2, 0.25) is 0 Å². The van der Waals surface area contributed by atoms with Crippen molar-refractivity contribution in [3.63, 3.8) is 0 Å². The standard InChI is InChI=1S/C19H16N4O/c1-24-15-9-7-14(8-10-15)17-12-23-11-16(13-5-3-2-4-6-13)21-18(20)19(23)22-17/h2-12H,1H3,(H2,20,21). The SMILES string of the molecule is COc1ccc(-c2cn3cc(-c4ccccc4)nc(N)c3n2)cc1. The Balaban J connectivity index is 1.81. The van der Waals surface area contributed by atoms with Crippen molar-refractivity contribution < 1.29 is 4.74 Å². The van der Waals surface area contributed by atoms with Gasteiger partial charge < -0.3 is 14.9 Å². The first kappa shape index (κ1) is 14.3. The van der Waals surface area contributed by atoms with Crippen molar-refractivity contribution in [3.8, 4) is 28.3 Å². The second-order valence-corrected chi connectivity index (χ2v) is 5.46. The molecule has 5 heteroatoms. The Kier molecular flexibility index (Phi) is 3.39. The molecule has 0 amide bonds. The van der Waals surface area contributed by atoms with E-state index in [1.165, 1.54) is 0 Å². The summed E-state index contributed by atoms with van der Waals surface area (Å²) >= 11 is 0. The smallest absolute Gasteiger partial charge is 0.180 e. The topological polar surface area (TPSA) is 65.4 Å². The van der Waals surface area contributed by atoms with Crippen molar-refractivity contribution >= 4 is 11.5 Å². The Labute approximate surface area is 139 Å². The largest absolute Gasteiger partial charge is 0.497 e. The number of nitrogens with two attached hydrogens (primary N) is 1. The van der Waals surface area contributed by atoms with E-state index in [2.05, 4.69) is 9.97 Å². The minimum Gasteiger partial charge on any atom is -0.497 e. The third kappa shape index (κ3) is 2.46. The zero-order chi connectivity index (χ0) is 16.5. The molecule has 0 spiro atoms. The number of methoxy groups -OCH3 is 1. The molecule has 0 unspecified atom stereocenters. The summed E-state index contributed by atoms with van der Waals surface area (Å²) < 4.78 is 7.11. The van der Waals surface area contributed by atoms with Gasteiger partial charge in [-0.25, -0.2) is 9.97 Å². The summed E-state index contributed by atoms with van der Waals surface area (Å²) in [7, 11) is 1.65. The number of rotatable bonds is 3. The number of imidazole rings is 1. The van der Waals surface area contributed by atoms with Crippen LogP contribution in [0.3, 0.4) is 0 Å². The van der Waals surface area contributed by atoms with E-state index < -0.39 is 0 Å². The van der Waals surface area contributed by atoms with Gasteiger partial charge in [0, 0.05) is 23.5 Å². The predicted octanol–water partition coefficient (Wildman–Crippen LogP) is 3.65. The molecule has 2 heterocycles. The van der Waals surface area contributed by atoms with Crippen LogP contribution in [0.5, 0.6) is 5.75 Å². The highest BCUT2D eigenvalue weighted by atomic mass is 16.5. The van der Waals surface area contributed by atoms with Crippen LogP contribution < -0.4 is 10.5 Å². The van der Waals surface area contributed by atoms with Gasteiger partial charge in [0.05, 0.1) is 18.5 Å². The molecule has 0 aliphatic heterocycles. The molecule has 2 aromatic heterocycles. The van der Waals surface area contributed by atoms with Gasteiger partial charge in [0.15, 0.2) is 11.5 Å². The molecule has 2 aromatic carbocycles. The van der Waals surface area contributed by atoms with Gasteiger partial charge in [-0.3, -0.25) is 0 Å². The second kappa shape index (κ2) is 5.70. The molecule has 0 atom stereocenters. The normalized spacial score (nSPS) is 10.9. The summed E-state index contributed by atoms with van der Waals surface area (Å²) in [5, 5.41) is 0. The van der Waals surface area contributed by atoms with Crippen LogP contribution in [-0.2, 0) is 0 Å². The first-order chi connectivity index (χ1) is 11.7. The Morgan fingerprint density at radius 3 is 2.12 bits per heavy atom. The van der Waals surface area contributed by atoms with Crippen molar-refractivity contribution in [3.05, 3.63) is 67.0 Å². The van der Waals surface area contributed by atoms with Gasteiger partial charge >= 0.3 is 0 Å². The van der Waals surface area contributed by atoms with Crippen LogP contribution in [0, 0.1) is 0 Å². The Bertz CT molecular complexity index is 991. The van der Waals surface area contributed by atoms with E-state index in [1.807, 2.05) is 71.4 Å². The van der Waals surface area contributed by atoms with Crippen molar-refractivity contribution in [2.24, 2.45) is 0 Å². The Morgan fingerprint density at radius 2 is 1.46 bits per heavy atom. The molecule has 0 aliphatic rings. The molecule has 5 nitrogen and oxygen atoms in total. The molecule has 4 aromatic rings. The highest BCUT2D eigenvalue weighted by molar-refractivity contribution is 5.72. The number of hydrogen-bond donors (Lipinski definition) is 1. The summed E-state index contributed by atoms with van der Waals surface area (Å²) in [6.07, 6.45) is 3.91. The van der Waals surface area contributed by atoms with E-state index in [0.29, 0.717) is 11.5 Å². The maximum Gasteiger partial charge on any atom is 0.180 e. The average molecular weight is 316 g/mol. The lowest BCUT2D eigenvalue weighted by Gasteiger charge is -2.03. The van der Waals surface area contributed by atoms with Gasteiger partial charge in [0.1, 0.15) is 5.75 Å². The van der Waals surface area contributed by atoms with Gasteiger partial charge in [-0.1, -0.05) is 30.3 Å². The molecule has 4 rings (SSSR count). The average Bonchev–Trinajstić information content (AvgIpc) is 3.07. The fourth-order valence-corrected chi connectivity index (χ4v) is 2.67. The van der Waals surface area contributed by atoms with Crippen LogP contribution in [0.1, 0.15) is 0 Å². The zero-order valence-corrected chi connectivity index (χ0v) is 13.2. The minimum atomic E-state index is 0.413. The van der Waals surface area contributed by atoms with Crippen LogP contribution >= 0.6 is 0 Å². The first-order valence-electron chi connectivity index (χ1n) is 7.59. The van der Waals surface area contributed by atoms with E-state index >= 15 is 0 Å². The third-order valence-corrected chi connectivity index (χ3v) is 3.92. The summed E-state index contributed by atoms with van der Waals surface area (Å²) in [5.41, 5.74) is 10.5. The molecule has 118 valence electrons. The fraction of sp³-hybridized carbons (Fsp3) is 0.0526. The maximum absolute atomic E-state index is 6.12. The number of benzene rings is 2. The van der Waals surface area contributed by atoms with Crippen molar-refractivity contribution in [1.29, 1.82) is 0 Å². The van der Waals surface area contributed by atoms with Crippen LogP contribution in [0.15, 0.2) is 67.0 Å². The van der Waals surface area contributed by atoms with Gasteiger partial charge in [0.2, 0.25) is 0 Å². The van der Waals surface area contributed by atoms with Crippen molar-refractivity contribution in [2.45, 2.75) is 0 Å². The second-order valence-electron chi connectivity index (χ2n) is 5.46. The summed E-state index contributed by atoms with van der Waals surface area (Å²) in [6, 6.07) is 17.7. The summed E-state index contributed by atoms with van der Waals surface area (Å²) in [4.78, 5) is 9.09. The molecule has 0 aliphatic carbocycles. The minimum absolute atomic E-state index is 0.413. The van der Waals surface area contributed by atoms with E-state index in [1.54, 1.807) is 7.11 Å². The number of hydrogen-bond acceptors (Lipinski definition) is 4. The molecule has 24 heavy (non-hydrogen) atoms. The van der Waals surface area contributed by atoms with Crippen LogP contribution in [-0.4, -0.2) is 21.5 Å². The first-order valence-corrected chi connectivity index (χ1v) is 7.59.